The van der Waals surface area contributed by atoms with Gasteiger partial charge >= 0.3 is 6.03 Å². The lowest BCUT2D eigenvalue weighted by Gasteiger charge is -2.17. The number of anilines is 2. The molecular formula is C22H27Cl2N7O. The number of unbranched alkanes of at least 4 members (excludes halogenated alkanes) is 1. The smallest absolute Gasteiger partial charge is 0.317 e. The summed E-state index contributed by atoms with van der Waals surface area (Å²) < 4.78 is 0. The van der Waals surface area contributed by atoms with Gasteiger partial charge in [0.25, 0.3) is 0 Å². The van der Waals surface area contributed by atoms with Crippen molar-refractivity contribution in [2.24, 2.45) is 5.73 Å². The molecule has 0 bridgehead atoms. The van der Waals surface area contributed by atoms with Crippen LogP contribution in [0.4, 0.5) is 16.6 Å². The summed E-state index contributed by atoms with van der Waals surface area (Å²) in [5.74, 6) is 0.699. The van der Waals surface area contributed by atoms with Crippen LogP contribution in [0.2, 0.25) is 10.0 Å². The van der Waals surface area contributed by atoms with Crippen molar-refractivity contribution in [1.29, 1.82) is 0 Å². The third kappa shape index (κ3) is 5.97. The van der Waals surface area contributed by atoms with Crippen LogP contribution in [0.1, 0.15) is 26.7 Å². The van der Waals surface area contributed by atoms with Gasteiger partial charge in [-0.25, -0.2) is 14.8 Å². The molecule has 0 spiro atoms. The first-order valence-corrected chi connectivity index (χ1v) is 11.3. The lowest BCUT2D eigenvalue weighted by Crippen LogP contribution is -2.24. The van der Waals surface area contributed by atoms with Crippen LogP contribution in [0.15, 0.2) is 30.5 Å². The zero-order valence-electron chi connectivity index (χ0n) is 18.2. The largest absolute Gasteiger partial charge is 0.354 e. The van der Waals surface area contributed by atoms with Crippen LogP contribution in [0, 0.1) is 0 Å². The number of fused-ring (bicyclic) bond motifs is 1. The molecule has 3 rings (SSSR count). The monoisotopic (exact) mass is 475 g/mol. The number of amides is 2. The fourth-order valence-electron chi connectivity index (χ4n) is 3.41. The number of halogens is 2. The second-order valence-corrected chi connectivity index (χ2v) is 8.05. The molecule has 0 saturated carbocycles. The molecule has 32 heavy (non-hydrogen) atoms. The quantitative estimate of drug-likeness (QED) is 0.355. The van der Waals surface area contributed by atoms with Gasteiger partial charge in [0, 0.05) is 29.3 Å². The number of carbonyl (C=O) groups is 1. The number of hydrogen-bond acceptors (Lipinski definition) is 6. The molecule has 0 unspecified atom stereocenters. The van der Waals surface area contributed by atoms with Gasteiger partial charge in [-0.1, -0.05) is 43.1 Å². The summed E-state index contributed by atoms with van der Waals surface area (Å²) in [4.78, 5) is 27.3. The second-order valence-electron chi connectivity index (χ2n) is 7.24. The zero-order chi connectivity index (χ0) is 23.1. The summed E-state index contributed by atoms with van der Waals surface area (Å²) in [6.45, 7) is 8.30. The number of hydrogen-bond donors (Lipinski definition) is 3. The molecule has 4 N–H and O–H groups in total. The number of rotatable bonds is 10. The van der Waals surface area contributed by atoms with E-state index < -0.39 is 6.03 Å². The van der Waals surface area contributed by atoms with Gasteiger partial charge in [0.15, 0.2) is 5.65 Å². The highest BCUT2D eigenvalue weighted by Gasteiger charge is 2.17. The molecule has 2 aromatic heterocycles. The van der Waals surface area contributed by atoms with E-state index >= 15 is 0 Å². The molecule has 0 aliphatic heterocycles. The topological polar surface area (TPSA) is 109 Å². The Morgan fingerprint density at radius 2 is 1.84 bits per heavy atom. The molecule has 0 atom stereocenters. The van der Waals surface area contributed by atoms with E-state index in [0.717, 1.165) is 39.0 Å². The predicted molar refractivity (Wildman–Crippen MR) is 132 cm³/mol. The number of benzene rings is 1. The van der Waals surface area contributed by atoms with Gasteiger partial charge in [0.1, 0.15) is 5.82 Å². The summed E-state index contributed by atoms with van der Waals surface area (Å²) >= 11 is 12.7. The Morgan fingerprint density at radius 1 is 1.12 bits per heavy atom. The standard InChI is InChI=1S/C22H27Cl2N7O/c1-3-31(4-2)11-6-5-10-26-22-27-13-14-12-15(18-16(23)8-7-9-17(18)24)20(29-21(25)32)28-19(14)30-22/h7-9,12-13H,3-6,10-11H2,1-2H3,(H4,25,26,27,28,29,30,32). The molecule has 0 aliphatic carbocycles. The van der Waals surface area contributed by atoms with Crippen molar-refractivity contribution in [3.8, 4) is 11.1 Å². The highest BCUT2D eigenvalue weighted by Crippen LogP contribution is 2.39. The first-order valence-electron chi connectivity index (χ1n) is 10.6. The molecule has 3 aromatic rings. The number of nitrogens with one attached hydrogen (secondary N) is 2. The van der Waals surface area contributed by atoms with Crippen LogP contribution in [0.3, 0.4) is 0 Å². The molecule has 1 aromatic carbocycles. The second kappa shape index (κ2) is 11.3. The van der Waals surface area contributed by atoms with Crippen LogP contribution < -0.4 is 16.4 Å². The predicted octanol–water partition coefficient (Wildman–Crippen LogP) is 5.02. The Labute approximate surface area is 197 Å². The van der Waals surface area contributed by atoms with Crippen LogP contribution in [-0.2, 0) is 0 Å². The first-order chi connectivity index (χ1) is 15.4. The zero-order valence-corrected chi connectivity index (χ0v) is 19.7. The van der Waals surface area contributed by atoms with Crippen LogP contribution in [-0.4, -0.2) is 52.1 Å². The van der Waals surface area contributed by atoms with Gasteiger partial charge in [-0.3, -0.25) is 5.32 Å². The number of nitrogens with zero attached hydrogens (tertiary/aromatic N) is 4. The highest BCUT2D eigenvalue weighted by molar-refractivity contribution is 6.39. The van der Waals surface area contributed by atoms with Crippen molar-refractivity contribution < 1.29 is 4.79 Å². The van der Waals surface area contributed by atoms with Gasteiger partial charge in [0.05, 0.1) is 10.0 Å². The maximum atomic E-state index is 11.6. The SMILES string of the molecule is CCN(CC)CCCCNc1ncc2cc(-c3c(Cl)cccc3Cl)c(NC(N)=O)nc2n1. The first kappa shape index (κ1) is 24.0. The Hall–Kier alpha value is -2.68. The number of aromatic nitrogens is 3. The van der Waals surface area contributed by atoms with E-state index in [-0.39, 0.29) is 5.82 Å². The van der Waals surface area contributed by atoms with E-state index in [9.17, 15) is 4.79 Å². The van der Waals surface area contributed by atoms with E-state index in [4.69, 9.17) is 28.9 Å². The van der Waals surface area contributed by atoms with Crippen molar-refractivity contribution >= 4 is 52.0 Å². The maximum Gasteiger partial charge on any atom is 0.317 e. The number of urea groups is 1. The minimum atomic E-state index is -0.748. The van der Waals surface area contributed by atoms with Crippen LogP contribution >= 0.6 is 23.2 Å². The van der Waals surface area contributed by atoms with Crippen molar-refractivity contribution in [2.75, 3.05) is 36.8 Å². The molecule has 2 amide bonds. The van der Waals surface area contributed by atoms with Crippen molar-refractivity contribution in [3.63, 3.8) is 0 Å². The molecule has 0 saturated heterocycles. The Balaban J connectivity index is 1.83. The number of pyridine rings is 1. The Bertz CT molecular complexity index is 1070. The van der Waals surface area contributed by atoms with E-state index in [2.05, 4.69) is 44.3 Å². The summed E-state index contributed by atoms with van der Waals surface area (Å²) in [6.07, 6.45) is 3.77. The van der Waals surface area contributed by atoms with E-state index in [1.807, 2.05) is 0 Å². The van der Waals surface area contributed by atoms with Crippen LogP contribution in [0.5, 0.6) is 0 Å². The van der Waals surface area contributed by atoms with Gasteiger partial charge in [-0.05, 0) is 50.7 Å². The fraction of sp³-hybridized carbons (Fsp3) is 0.364. The molecule has 0 radical (unpaired) electrons. The Morgan fingerprint density at radius 3 is 2.50 bits per heavy atom. The molecule has 2 heterocycles. The lowest BCUT2D eigenvalue weighted by molar-refractivity contribution is 0.259. The number of nitrogens with two attached hydrogens (primary N) is 1. The van der Waals surface area contributed by atoms with Gasteiger partial charge < -0.3 is 16.0 Å². The normalized spacial score (nSPS) is 11.2. The average molecular weight is 476 g/mol. The summed E-state index contributed by atoms with van der Waals surface area (Å²) in [5.41, 5.74) is 6.85. The third-order valence-corrected chi connectivity index (χ3v) is 5.75. The van der Waals surface area contributed by atoms with E-state index in [0.29, 0.717) is 38.2 Å². The molecule has 0 fully saturated rings. The number of carbonyl (C=O) groups excluding carboxylic acids is 1. The lowest BCUT2D eigenvalue weighted by atomic mass is 10.0. The van der Waals surface area contributed by atoms with E-state index in [1.165, 1.54) is 0 Å². The highest BCUT2D eigenvalue weighted by atomic mass is 35.5. The summed E-state index contributed by atoms with van der Waals surface area (Å²) in [6, 6.07) is 6.21. The van der Waals surface area contributed by atoms with Crippen LogP contribution in [0.25, 0.3) is 22.2 Å². The average Bonchev–Trinajstić information content (AvgIpc) is 2.76. The van der Waals surface area contributed by atoms with Crippen molar-refractivity contribution in [1.82, 2.24) is 19.9 Å². The van der Waals surface area contributed by atoms with Crippen molar-refractivity contribution in [2.45, 2.75) is 26.7 Å². The van der Waals surface area contributed by atoms with E-state index in [1.54, 1.807) is 30.5 Å². The molecule has 10 heteroatoms. The van der Waals surface area contributed by atoms with Gasteiger partial charge in [-0.2, -0.15) is 4.98 Å². The molecule has 170 valence electrons. The minimum absolute atomic E-state index is 0.226. The fourth-order valence-corrected chi connectivity index (χ4v) is 4.01. The molecular weight excluding hydrogens is 449 g/mol. The minimum Gasteiger partial charge on any atom is -0.354 e. The molecule has 8 nitrogen and oxygen atoms in total. The number of primary amides is 1. The van der Waals surface area contributed by atoms with Gasteiger partial charge in [-0.15, -0.1) is 0 Å². The summed E-state index contributed by atoms with van der Waals surface area (Å²) in [5, 5.41) is 7.31. The summed E-state index contributed by atoms with van der Waals surface area (Å²) in [7, 11) is 0. The van der Waals surface area contributed by atoms with Crippen molar-refractivity contribution in [3.05, 3.63) is 40.5 Å². The Kier molecular flexibility index (Phi) is 8.44. The maximum absolute atomic E-state index is 11.6. The molecule has 0 aliphatic rings. The van der Waals surface area contributed by atoms with Gasteiger partial charge in [0.2, 0.25) is 5.95 Å². The third-order valence-electron chi connectivity index (χ3n) is 5.12.